The number of aromatic nitrogens is 1. The van der Waals surface area contributed by atoms with Crippen LogP contribution in [-0.4, -0.2) is 32.6 Å². The van der Waals surface area contributed by atoms with Crippen LogP contribution in [-0.2, 0) is 17.2 Å². The summed E-state index contributed by atoms with van der Waals surface area (Å²) >= 11 is 0. The van der Waals surface area contributed by atoms with Gasteiger partial charge in [0.1, 0.15) is 7.05 Å². The third-order valence-electron chi connectivity index (χ3n) is 3.17. The third-order valence-corrected chi connectivity index (χ3v) is 3.73. The molecule has 0 bridgehead atoms. The molecular weight excluding hydrogens is 369 g/mol. The van der Waals surface area contributed by atoms with Gasteiger partial charge in [0.15, 0.2) is 22.5 Å². The van der Waals surface area contributed by atoms with Gasteiger partial charge in [-0.3, -0.25) is 0 Å². The summed E-state index contributed by atoms with van der Waals surface area (Å²) in [6.45, 7) is 0. The normalized spacial score (nSPS) is 11.8. The van der Waals surface area contributed by atoms with Gasteiger partial charge in [0, 0.05) is 31.9 Å². The smallest absolute Gasteiger partial charge is 0.485 e. The number of pyridine rings is 1. The zero-order valence-electron chi connectivity index (χ0n) is 14.4. The van der Waals surface area contributed by atoms with Crippen molar-refractivity contribution in [1.29, 1.82) is 0 Å². The van der Waals surface area contributed by atoms with Gasteiger partial charge in [-0.05, 0) is 23.3 Å². The zero-order chi connectivity index (χ0) is 20.0. The van der Waals surface area contributed by atoms with E-state index in [0.29, 0.717) is 0 Å². The van der Waals surface area contributed by atoms with Gasteiger partial charge in [-0.15, -0.1) is 0 Å². The molecule has 1 aromatic carbocycles. The fraction of sp³-hybridized carbons (Fsp3) is 0.235. The fourth-order valence-electron chi connectivity index (χ4n) is 1.70. The highest BCUT2D eigenvalue weighted by atomic mass is 32.2. The average Bonchev–Trinajstić information content (AvgIpc) is 2.53. The lowest BCUT2D eigenvalue weighted by Crippen LogP contribution is -2.25. The van der Waals surface area contributed by atoms with E-state index in [4.69, 9.17) is 13.0 Å². The van der Waals surface area contributed by atoms with Crippen LogP contribution in [0, 0.1) is 0 Å². The highest BCUT2D eigenvalue weighted by molar-refractivity contribution is 7.86. The van der Waals surface area contributed by atoms with Crippen molar-refractivity contribution in [1.82, 2.24) is 0 Å². The van der Waals surface area contributed by atoms with Crippen molar-refractivity contribution < 1.29 is 30.7 Å². The number of nitrogens with zero attached hydrogens (tertiary/aromatic N) is 2. The van der Waals surface area contributed by atoms with Gasteiger partial charge in [0.25, 0.3) is 0 Å². The van der Waals surface area contributed by atoms with Crippen LogP contribution < -0.4 is 9.47 Å². The molecule has 0 N–H and O–H groups in total. The molecule has 0 saturated carbocycles. The van der Waals surface area contributed by atoms with E-state index in [1.807, 2.05) is 11.6 Å². The lowest BCUT2D eigenvalue weighted by atomic mass is 10.1. The Balaban J connectivity index is 0.000000359. The Bertz CT molecular complexity index is 829. The maximum atomic E-state index is 10.7. The summed E-state index contributed by atoms with van der Waals surface area (Å²) in [6, 6.07) is 12.7. The maximum absolute atomic E-state index is 10.7. The number of alkyl halides is 3. The molecule has 0 fully saturated rings. The molecule has 0 aliphatic carbocycles. The highest BCUT2D eigenvalue weighted by Gasteiger charge is 2.36. The van der Waals surface area contributed by atoms with Gasteiger partial charge in [-0.25, -0.2) is 13.0 Å². The van der Waals surface area contributed by atoms with E-state index in [0.717, 1.165) is 0 Å². The fourth-order valence-corrected chi connectivity index (χ4v) is 1.70. The third kappa shape index (κ3) is 7.24. The van der Waals surface area contributed by atoms with E-state index in [-0.39, 0.29) is 0 Å². The summed E-state index contributed by atoms with van der Waals surface area (Å²) < 4.78 is 60.9. The van der Waals surface area contributed by atoms with Crippen LogP contribution in [0.2, 0.25) is 0 Å². The van der Waals surface area contributed by atoms with Gasteiger partial charge in [0.2, 0.25) is 0 Å². The molecule has 0 unspecified atom stereocenters. The lowest BCUT2D eigenvalue weighted by molar-refractivity contribution is -0.671. The molecule has 0 atom stereocenters. The summed E-state index contributed by atoms with van der Waals surface area (Å²) in [6.07, 6.45) is 8.36. The molecular formula is C17H19F3N2O3S. The van der Waals surface area contributed by atoms with Gasteiger partial charge >= 0.3 is 5.51 Å². The quantitative estimate of drug-likeness (QED) is 0.461. The minimum atomic E-state index is -6.09. The van der Waals surface area contributed by atoms with Crippen LogP contribution in [0.5, 0.6) is 0 Å². The van der Waals surface area contributed by atoms with E-state index in [2.05, 4.69) is 79.9 Å². The second kappa shape index (κ2) is 8.81. The van der Waals surface area contributed by atoms with Crippen LogP contribution >= 0.6 is 0 Å². The van der Waals surface area contributed by atoms with Crippen molar-refractivity contribution >= 4 is 28.0 Å². The molecule has 2 aromatic rings. The Morgan fingerprint density at radius 1 is 0.962 bits per heavy atom. The number of anilines is 1. The second-order valence-corrected chi connectivity index (χ2v) is 6.89. The molecule has 2 rings (SSSR count). The Kier molecular flexibility index (Phi) is 7.34. The molecule has 0 radical (unpaired) electrons. The predicted octanol–water partition coefficient (Wildman–Crippen LogP) is 2.80. The maximum Gasteiger partial charge on any atom is 0.485 e. The topological polar surface area (TPSA) is 64.3 Å². The van der Waals surface area contributed by atoms with Crippen LogP contribution in [0.25, 0.3) is 12.2 Å². The van der Waals surface area contributed by atoms with Crippen molar-refractivity contribution in [2.45, 2.75) is 5.51 Å². The summed E-state index contributed by atoms with van der Waals surface area (Å²) in [7, 11) is 0.0318. The van der Waals surface area contributed by atoms with Gasteiger partial charge in [-0.1, -0.05) is 24.3 Å². The van der Waals surface area contributed by atoms with E-state index in [1.165, 1.54) is 16.8 Å². The van der Waals surface area contributed by atoms with Crippen molar-refractivity contribution in [3.63, 3.8) is 0 Å². The minimum Gasteiger partial charge on any atom is -0.741 e. The Hall–Kier alpha value is -2.39. The molecule has 9 heteroatoms. The number of hydrogen-bond donors (Lipinski definition) is 0. The summed E-state index contributed by atoms with van der Waals surface area (Å²) in [5.74, 6) is 0. The Morgan fingerprint density at radius 2 is 1.35 bits per heavy atom. The van der Waals surface area contributed by atoms with Crippen LogP contribution in [0.1, 0.15) is 11.1 Å². The summed E-state index contributed by atoms with van der Waals surface area (Å²) in [5.41, 5.74) is -2.00. The number of aryl methyl sites for hydroxylation is 1. The van der Waals surface area contributed by atoms with Gasteiger partial charge < -0.3 is 9.45 Å². The summed E-state index contributed by atoms with van der Waals surface area (Å²) in [4.78, 5) is 2.10. The number of rotatable bonds is 3. The molecule has 0 aliphatic heterocycles. The summed E-state index contributed by atoms with van der Waals surface area (Å²) in [5, 5.41) is 0. The molecule has 1 aromatic heterocycles. The Labute approximate surface area is 150 Å². The monoisotopic (exact) mass is 388 g/mol. The van der Waals surface area contributed by atoms with Crippen molar-refractivity contribution in [2.75, 3.05) is 19.0 Å². The molecule has 1 heterocycles. The molecule has 0 spiro atoms. The molecule has 0 saturated heterocycles. The van der Waals surface area contributed by atoms with Gasteiger partial charge in [-0.2, -0.15) is 13.2 Å². The number of hydrogen-bond acceptors (Lipinski definition) is 4. The molecule has 0 aliphatic rings. The van der Waals surface area contributed by atoms with E-state index in [9.17, 15) is 13.2 Å². The lowest BCUT2D eigenvalue weighted by Gasteiger charge is -2.11. The first-order chi connectivity index (χ1) is 11.9. The zero-order valence-corrected chi connectivity index (χ0v) is 15.3. The second-order valence-electron chi connectivity index (χ2n) is 5.52. The first-order valence-electron chi connectivity index (χ1n) is 7.33. The number of halogens is 3. The van der Waals surface area contributed by atoms with Crippen molar-refractivity contribution in [3.8, 4) is 0 Å². The average molecular weight is 388 g/mol. The Morgan fingerprint density at radius 3 is 1.69 bits per heavy atom. The molecule has 5 nitrogen and oxygen atoms in total. The largest absolute Gasteiger partial charge is 0.741 e. The van der Waals surface area contributed by atoms with Crippen molar-refractivity contribution in [2.24, 2.45) is 7.05 Å². The minimum absolute atomic E-state index is 1.21. The van der Waals surface area contributed by atoms with E-state index in [1.54, 1.807) is 0 Å². The van der Waals surface area contributed by atoms with E-state index < -0.39 is 15.6 Å². The molecule has 26 heavy (non-hydrogen) atoms. The van der Waals surface area contributed by atoms with Crippen LogP contribution in [0.15, 0.2) is 48.8 Å². The van der Waals surface area contributed by atoms with Crippen LogP contribution in [0.3, 0.4) is 0 Å². The van der Waals surface area contributed by atoms with Crippen molar-refractivity contribution in [3.05, 3.63) is 59.9 Å². The van der Waals surface area contributed by atoms with Gasteiger partial charge in [0.05, 0.1) is 0 Å². The molecule has 0 amide bonds. The number of benzene rings is 1. The van der Waals surface area contributed by atoms with E-state index >= 15 is 0 Å². The highest BCUT2D eigenvalue weighted by Crippen LogP contribution is 2.20. The van der Waals surface area contributed by atoms with Crippen LogP contribution in [0.4, 0.5) is 18.9 Å². The molecule has 142 valence electrons. The standard InChI is InChI=1S/C16H19N2.CHF3O3S/c1-17(2)16-8-6-14(7-9-16)4-5-15-10-12-18(3)13-11-15;2-1(3,4)8(5,6)7/h4-13H,1-3H3;(H,5,6,7)/q+1;/p-1. The first-order valence-corrected chi connectivity index (χ1v) is 8.74. The predicted molar refractivity (Wildman–Crippen MR) is 93.1 cm³/mol. The SMILES string of the molecule is CN(C)c1ccc(/C=C/c2cc[n+](C)cc2)cc1.O=S(=O)([O-])C(F)(F)F. The first kappa shape index (κ1) is 21.7.